The number of piperidine rings is 1. The summed E-state index contributed by atoms with van der Waals surface area (Å²) in [6.07, 6.45) is 0.899. The standard InChI is InChI=1S/C17H22N2O6S/c1-3-26(22,23)19-6-4-12(5-7-19)17(21)18-14-9-16-15(24-10-25-16)8-13(14)11(2)20/h8-9,12H,3-7,10H2,1-2H3,(H,18,21). The second-order valence-corrected chi connectivity index (χ2v) is 8.63. The molecule has 1 saturated heterocycles. The first kappa shape index (κ1) is 18.7. The molecule has 9 heteroatoms. The van der Waals surface area contributed by atoms with Crippen LogP contribution in [0.1, 0.15) is 37.0 Å². The Kier molecular flexibility index (Phi) is 5.19. The fraction of sp³-hybridized carbons (Fsp3) is 0.529. The second kappa shape index (κ2) is 7.24. The molecule has 0 aromatic heterocycles. The van der Waals surface area contributed by atoms with Crippen molar-refractivity contribution < 1.29 is 27.5 Å². The molecule has 0 bridgehead atoms. The number of fused-ring (bicyclic) bond motifs is 1. The molecule has 1 fully saturated rings. The SMILES string of the molecule is CCS(=O)(=O)N1CCC(C(=O)Nc2cc3c(cc2C(C)=O)OCO3)CC1. The summed E-state index contributed by atoms with van der Waals surface area (Å²) in [5.74, 6) is 0.301. The summed E-state index contributed by atoms with van der Waals surface area (Å²) in [6.45, 7) is 3.76. The van der Waals surface area contributed by atoms with Crippen molar-refractivity contribution in [3.05, 3.63) is 17.7 Å². The molecule has 0 radical (unpaired) electrons. The summed E-state index contributed by atoms with van der Waals surface area (Å²) in [5.41, 5.74) is 0.740. The van der Waals surface area contributed by atoms with Crippen LogP contribution in [0.25, 0.3) is 0 Å². The maximum absolute atomic E-state index is 12.6. The number of ketones is 1. The minimum absolute atomic E-state index is 0.0586. The van der Waals surface area contributed by atoms with E-state index in [1.54, 1.807) is 19.1 Å². The molecule has 0 unspecified atom stereocenters. The number of amides is 1. The van der Waals surface area contributed by atoms with Crippen LogP contribution in [0.4, 0.5) is 5.69 Å². The first-order chi connectivity index (χ1) is 12.3. The van der Waals surface area contributed by atoms with Crippen LogP contribution < -0.4 is 14.8 Å². The van der Waals surface area contributed by atoms with E-state index in [0.29, 0.717) is 48.7 Å². The Bertz CT molecular complexity index is 828. The number of carbonyl (C=O) groups excluding carboxylic acids is 2. The highest BCUT2D eigenvalue weighted by Gasteiger charge is 2.31. The minimum atomic E-state index is -3.23. The number of anilines is 1. The highest BCUT2D eigenvalue weighted by Crippen LogP contribution is 2.37. The molecule has 2 aliphatic rings. The molecule has 0 atom stereocenters. The average Bonchev–Trinajstić information content (AvgIpc) is 3.08. The van der Waals surface area contributed by atoms with Crippen LogP contribution in [0.2, 0.25) is 0 Å². The molecule has 1 aromatic rings. The number of rotatable bonds is 5. The molecule has 0 aliphatic carbocycles. The molecule has 0 spiro atoms. The number of nitrogens with one attached hydrogen (secondary N) is 1. The molecule has 142 valence electrons. The summed E-state index contributed by atoms with van der Waals surface area (Å²) < 4.78 is 35.8. The number of Topliss-reactive ketones (excluding diaryl/α,β-unsaturated/α-hetero) is 1. The van der Waals surface area contributed by atoms with Gasteiger partial charge in [-0.3, -0.25) is 9.59 Å². The van der Waals surface area contributed by atoms with Gasteiger partial charge in [0.25, 0.3) is 0 Å². The quantitative estimate of drug-likeness (QED) is 0.777. The minimum Gasteiger partial charge on any atom is -0.454 e. The van der Waals surface area contributed by atoms with E-state index in [4.69, 9.17) is 9.47 Å². The third-order valence-corrected chi connectivity index (χ3v) is 6.61. The van der Waals surface area contributed by atoms with Crippen molar-refractivity contribution in [1.82, 2.24) is 4.31 Å². The summed E-state index contributed by atoms with van der Waals surface area (Å²) >= 11 is 0. The Morgan fingerprint density at radius 3 is 2.38 bits per heavy atom. The van der Waals surface area contributed by atoms with Gasteiger partial charge >= 0.3 is 0 Å². The fourth-order valence-corrected chi connectivity index (χ4v) is 4.28. The Morgan fingerprint density at radius 2 is 1.81 bits per heavy atom. The summed E-state index contributed by atoms with van der Waals surface area (Å²) in [4.78, 5) is 24.5. The van der Waals surface area contributed by atoms with Gasteiger partial charge in [0, 0.05) is 30.6 Å². The third-order valence-electron chi connectivity index (χ3n) is 4.73. The molecule has 3 rings (SSSR count). The average molecular weight is 382 g/mol. The number of hydrogen-bond donors (Lipinski definition) is 1. The lowest BCUT2D eigenvalue weighted by Gasteiger charge is -2.30. The zero-order valence-corrected chi connectivity index (χ0v) is 15.6. The van der Waals surface area contributed by atoms with Crippen molar-refractivity contribution in [2.75, 3.05) is 31.0 Å². The Hall–Kier alpha value is -2.13. The van der Waals surface area contributed by atoms with Crippen molar-refractivity contribution >= 4 is 27.4 Å². The predicted molar refractivity (Wildman–Crippen MR) is 95.0 cm³/mol. The van der Waals surface area contributed by atoms with Crippen molar-refractivity contribution in [2.24, 2.45) is 5.92 Å². The maximum atomic E-state index is 12.6. The van der Waals surface area contributed by atoms with E-state index < -0.39 is 10.0 Å². The van der Waals surface area contributed by atoms with Gasteiger partial charge in [0.1, 0.15) is 0 Å². The van der Waals surface area contributed by atoms with Crippen molar-refractivity contribution in [1.29, 1.82) is 0 Å². The molecule has 1 amide bonds. The van der Waals surface area contributed by atoms with Gasteiger partial charge < -0.3 is 14.8 Å². The zero-order chi connectivity index (χ0) is 18.9. The highest BCUT2D eigenvalue weighted by molar-refractivity contribution is 7.89. The largest absolute Gasteiger partial charge is 0.454 e. The lowest BCUT2D eigenvalue weighted by Crippen LogP contribution is -2.42. The van der Waals surface area contributed by atoms with Gasteiger partial charge in [-0.1, -0.05) is 0 Å². The van der Waals surface area contributed by atoms with Crippen LogP contribution in [0.5, 0.6) is 11.5 Å². The van der Waals surface area contributed by atoms with Crippen LogP contribution in [0.15, 0.2) is 12.1 Å². The number of carbonyl (C=O) groups is 2. The van der Waals surface area contributed by atoms with E-state index in [-0.39, 0.29) is 30.2 Å². The van der Waals surface area contributed by atoms with E-state index in [1.165, 1.54) is 11.2 Å². The lowest BCUT2D eigenvalue weighted by molar-refractivity contribution is -0.120. The van der Waals surface area contributed by atoms with E-state index >= 15 is 0 Å². The van der Waals surface area contributed by atoms with E-state index in [1.807, 2.05) is 0 Å². The molecular formula is C17H22N2O6S. The number of hydrogen-bond acceptors (Lipinski definition) is 6. The van der Waals surface area contributed by atoms with Crippen molar-refractivity contribution in [2.45, 2.75) is 26.7 Å². The maximum Gasteiger partial charge on any atom is 0.231 e. The topological polar surface area (TPSA) is 102 Å². The van der Waals surface area contributed by atoms with Crippen LogP contribution in [0.3, 0.4) is 0 Å². The summed E-state index contributed by atoms with van der Waals surface area (Å²) in [7, 11) is -3.23. The number of ether oxygens (including phenoxy) is 2. The first-order valence-electron chi connectivity index (χ1n) is 8.55. The molecule has 0 saturated carbocycles. The van der Waals surface area contributed by atoms with Crippen molar-refractivity contribution in [3.8, 4) is 11.5 Å². The first-order valence-corrected chi connectivity index (χ1v) is 10.2. The van der Waals surface area contributed by atoms with Crippen LogP contribution in [-0.4, -0.2) is 50.0 Å². The highest BCUT2D eigenvalue weighted by atomic mass is 32.2. The third kappa shape index (κ3) is 3.68. The van der Waals surface area contributed by atoms with E-state index in [2.05, 4.69) is 5.32 Å². The van der Waals surface area contributed by atoms with Gasteiger partial charge in [0.05, 0.1) is 11.4 Å². The molecule has 1 N–H and O–H groups in total. The molecule has 26 heavy (non-hydrogen) atoms. The van der Waals surface area contributed by atoms with Gasteiger partial charge in [0.15, 0.2) is 17.3 Å². The number of nitrogens with zero attached hydrogens (tertiary/aromatic N) is 1. The van der Waals surface area contributed by atoms with Gasteiger partial charge in [-0.05, 0) is 32.8 Å². The normalized spacial score (nSPS) is 17.9. The predicted octanol–water partition coefficient (Wildman–Crippen LogP) is 1.62. The van der Waals surface area contributed by atoms with Gasteiger partial charge in [-0.15, -0.1) is 0 Å². The summed E-state index contributed by atoms with van der Waals surface area (Å²) in [6, 6.07) is 3.16. The van der Waals surface area contributed by atoms with Gasteiger partial charge in [0.2, 0.25) is 22.7 Å². The fourth-order valence-electron chi connectivity index (χ4n) is 3.15. The van der Waals surface area contributed by atoms with E-state index in [9.17, 15) is 18.0 Å². The van der Waals surface area contributed by atoms with Crippen LogP contribution in [-0.2, 0) is 14.8 Å². The van der Waals surface area contributed by atoms with Crippen molar-refractivity contribution in [3.63, 3.8) is 0 Å². The Balaban J connectivity index is 1.70. The molecular weight excluding hydrogens is 360 g/mol. The van der Waals surface area contributed by atoms with Gasteiger partial charge in [-0.2, -0.15) is 0 Å². The summed E-state index contributed by atoms with van der Waals surface area (Å²) in [5, 5.41) is 2.80. The lowest BCUT2D eigenvalue weighted by atomic mass is 9.96. The smallest absolute Gasteiger partial charge is 0.231 e. The Morgan fingerprint density at radius 1 is 1.19 bits per heavy atom. The second-order valence-electron chi connectivity index (χ2n) is 6.37. The number of sulfonamides is 1. The zero-order valence-electron chi connectivity index (χ0n) is 14.8. The molecule has 1 aromatic carbocycles. The number of benzene rings is 1. The molecule has 2 aliphatic heterocycles. The Labute approximate surface area is 152 Å². The van der Waals surface area contributed by atoms with Crippen LogP contribution >= 0.6 is 0 Å². The van der Waals surface area contributed by atoms with E-state index in [0.717, 1.165) is 0 Å². The van der Waals surface area contributed by atoms with Gasteiger partial charge in [-0.25, -0.2) is 12.7 Å². The van der Waals surface area contributed by atoms with Crippen LogP contribution in [0, 0.1) is 5.92 Å². The molecule has 2 heterocycles. The molecule has 8 nitrogen and oxygen atoms in total. The monoisotopic (exact) mass is 382 g/mol.